The van der Waals surface area contributed by atoms with Crippen LogP contribution in [0.25, 0.3) is 10.8 Å². The van der Waals surface area contributed by atoms with Gasteiger partial charge in [-0.2, -0.15) is 0 Å². The molecule has 0 unspecified atom stereocenters. The second-order valence-corrected chi connectivity index (χ2v) is 7.49. The van der Waals surface area contributed by atoms with Crippen molar-refractivity contribution in [3.05, 3.63) is 77.9 Å². The highest BCUT2D eigenvalue weighted by atomic mass is 35.5. The summed E-state index contributed by atoms with van der Waals surface area (Å²) in [5.41, 5.74) is 9.18. The molecule has 1 aliphatic rings. The molecule has 30 heavy (non-hydrogen) atoms. The Morgan fingerprint density at radius 3 is 2.20 bits per heavy atom. The van der Waals surface area contributed by atoms with Crippen LogP contribution in [0.4, 0.5) is 5.69 Å². The summed E-state index contributed by atoms with van der Waals surface area (Å²) < 4.78 is 0. The molecule has 3 aromatic rings. The first-order valence-corrected chi connectivity index (χ1v) is 10.0. The molecule has 0 atom stereocenters. The summed E-state index contributed by atoms with van der Waals surface area (Å²) in [7, 11) is 0. The van der Waals surface area contributed by atoms with Gasteiger partial charge in [0.1, 0.15) is 0 Å². The summed E-state index contributed by atoms with van der Waals surface area (Å²) in [5.74, 6) is 0.230. The summed E-state index contributed by atoms with van der Waals surface area (Å²) in [6, 6.07) is 22.8. The van der Waals surface area contributed by atoms with Crippen LogP contribution in [0.15, 0.2) is 66.7 Å². The number of halogens is 2. The number of amides is 1. The van der Waals surface area contributed by atoms with Crippen molar-refractivity contribution in [1.29, 1.82) is 0 Å². The van der Waals surface area contributed by atoms with Crippen LogP contribution in [-0.4, -0.2) is 41.9 Å². The molecule has 4 rings (SSSR count). The quantitative estimate of drug-likeness (QED) is 0.586. The molecule has 1 saturated heterocycles. The molecule has 0 radical (unpaired) electrons. The molecule has 1 aliphatic heterocycles. The summed E-state index contributed by atoms with van der Waals surface area (Å²) in [6.45, 7) is 4.37. The Balaban J connectivity index is 0.00000160. The van der Waals surface area contributed by atoms with Gasteiger partial charge in [0.25, 0.3) is 0 Å². The average molecular weight is 446 g/mol. The minimum Gasteiger partial charge on any atom is -0.399 e. The number of carbonyl (C=O) groups is 1. The lowest BCUT2D eigenvalue weighted by molar-refractivity contribution is -0.132. The van der Waals surface area contributed by atoms with E-state index in [2.05, 4.69) is 47.4 Å². The molecule has 1 heterocycles. The number of anilines is 1. The SMILES string of the molecule is Cl.Cl.Nc1ccccc1CCC(=O)N1CCN(Cc2cccc3ccccc23)CC1. The molecule has 0 aromatic heterocycles. The molecule has 3 aromatic carbocycles. The van der Waals surface area contributed by atoms with Crippen molar-refractivity contribution in [3.63, 3.8) is 0 Å². The van der Waals surface area contributed by atoms with Crippen molar-refractivity contribution in [2.75, 3.05) is 31.9 Å². The van der Waals surface area contributed by atoms with Gasteiger partial charge in [-0.15, -0.1) is 24.8 Å². The third kappa shape index (κ3) is 5.66. The lowest BCUT2D eigenvalue weighted by atomic mass is 10.0. The Bertz CT molecular complexity index is 966. The minimum atomic E-state index is 0. The number of benzene rings is 3. The van der Waals surface area contributed by atoms with E-state index in [0.29, 0.717) is 12.8 Å². The normalized spacial score (nSPS) is 14.1. The summed E-state index contributed by atoms with van der Waals surface area (Å²) in [4.78, 5) is 17.0. The number of aryl methyl sites for hydroxylation is 1. The number of fused-ring (bicyclic) bond motifs is 1. The Morgan fingerprint density at radius 2 is 1.43 bits per heavy atom. The van der Waals surface area contributed by atoms with E-state index in [1.807, 2.05) is 29.2 Å². The zero-order valence-electron chi connectivity index (χ0n) is 17.0. The molecule has 160 valence electrons. The predicted octanol–water partition coefficient (Wildman–Crippen LogP) is 4.54. The number of carbonyl (C=O) groups excluding carboxylic acids is 1. The second kappa shape index (κ2) is 11.2. The van der Waals surface area contributed by atoms with Gasteiger partial charge < -0.3 is 10.6 Å². The molecule has 6 heteroatoms. The zero-order chi connectivity index (χ0) is 19.3. The maximum Gasteiger partial charge on any atom is 0.222 e. The fourth-order valence-corrected chi connectivity index (χ4v) is 3.99. The first-order chi connectivity index (χ1) is 13.7. The lowest BCUT2D eigenvalue weighted by Gasteiger charge is -2.35. The first-order valence-electron chi connectivity index (χ1n) is 10.0. The number of hydrogen-bond donors (Lipinski definition) is 1. The maximum absolute atomic E-state index is 12.6. The molecule has 0 aliphatic carbocycles. The van der Waals surface area contributed by atoms with Crippen molar-refractivity contribution in [1.82, 2.24) is 9.80 Å². The molecule has 0 bridgehead atoms. The van der Waals surface area contributed by atoms with Gasteiger partial charge in [0.2, 0.25) is 5.91 Å². The number of para-hydroxylation sites is 1. The summed E-state index contributed by atoms with van der Waals surface area (Å²) in [5, 5.41) is 2.61. The van der Waals surface area contributed by atoms with E-state index in [-0.39, 0.29) is 30.7 Å². The van der Waals surface area contributed by atoms with Gasteiger partial charge in [-0.3, -0.25) is 9.69 Å². The molecule has 1 fully saturated rings. The number of rotatable bonds is 5. The smallest absolute Gasteiger partial charge is 0.222 e. The van der Waals surface area contributed by atoms with Gasteiger partial charge in [0.05, 0.1) is 0 Å². The van der Waals surface area contributed by atoms with E-state index in [1.165, 1.54) is 16.3 Å². The van der Waals surface area contributed by atoms with E-state index in [9.17, 15) is 4.79 Å². The van der Waals surface area contributed by atoms with Gasteiger partial charge in [-0.25, -0.2) is 0 Å². The predicted molar refractivity (Wildman–Crippen MR) is 129 cm³/mol. The van der Waals surface area contributed by atoms with Crippen LogP contribution in [0.1, 0.15) is 17.5 Å². The standard InChI is InChI=1S/C24H27N3O.2ClH/c25-23-11-4-2-7-20(23)12-13-24(28)27-16-14-26(15-17-27)18-21-9-5-8-19-6-1-3-10-22(19)21;;/h1-11H,12-18,25H2;2*1H. The van der Waals surface area contributed by atoms with Crippen LogP contribution in [0, 0.1) is 0 Å². The highest BCUT2D eigenvalue weighted by Crippen LogP contribution is 2.21. The molecular formula is C24H29Cl2N3O. The molecule has 4 nitrogen and oxygen atoms in total. The highest BCUT2D eigenvalue weighted by molar-refractivity contribution is 5.86. The van der Waals surface area contributed by atoms with Crippen LogP contribution < -0.4 is 5.73 Å². The number of nitrogens with zero attached hydrogens (tertiary/aromatic N) is 2. The monoisotopic (exact) mass is 445 g/mol. The third-order valence-electron chi connectivity index (χ3n) is 5.66. The minimum absolute atomic E-state index is 0. The molecule has 0 spiro atoms. The first kappa shape index (κ1) is 24.0. The van der Waals surface area contributed by atoms with Gasteiger partial charge in [-0.05, 0) is 34.4 Å². The van der Waals surface area contributed by atoms with Gasteiger partial charge >= 0.3 is 0 Å². The van der Waals surface area contributed by atoms with Gasteiger partial charge in [0.15, 0.2) is 0 Å². The van der Waals surface area contributed by atoms with Crippen LogP contribution in [0.3, 0.4) is 0 Å². The Labute approximate surface area is 190 Å². The second-order valence-electron chi connectivity index (χ2n) is 7.49. The fraction of sp³-hybridized carbons (Fsp3) is 0.292. The van der Waals surface area contributed by atoms with Gasteiger partial charge in [0, 0.05) is 44.8 Å². The lowest BCUT2D eigenvalue weighted by Crippen LogP contribution is -2.48. The van der Waals surface area contributed by atoms with E-state index in [1.54, 1.807) is 0 Å². The Morgan fingerprint density at radius 1 is 0.800 bits per heavy atom. The summed E-state index contributed by atoms with van der Waals surface area (Å²) in [6.07, 6.45) is 1.24. The van der Waals surface area contributed by atoms with E-state index < -0.39 is 0 Å². The topological polar surface area (TPSA) is 49.6 Å². The van der Waals surface area contributed by atoms with Crippen LogP contribution in [0.5, 0.6) is 0 Å². The summed E-state index contributed by atoms with van der Waals surface area (Å²) >= 11 is 0. The fourth-order valence-electron chi connectivity index (χ4n) is 3.99. The van der Waals surface area contributed by atoms with Crippen molar-refractivity contribution in [2.24, 2.45) is 0 Å². The third-order valence-corrected chi connectivity index (χ3v) is 5.66. The largest absolute Gasteiger partial charge is 0.399 e. The van der Waals surface area contributed by atoms with E-state index >= 15 is 0 Å². The highest BCUT2D eigenvalue weighted by Gasteiger charge is 2.21. The van der Waals surface area contributed by atoms with E-state index in [0.717, 1.165) is 44.0 Å². The Kier molecular flexibility index (Phi) is 8.97. The average Bonchev–Trinajstić information content (AvgIpc) is 2.74. The van der Waals surface area contributed by atoms with E-state index in [4.69, 9.17) is 5.73 Å². The number of nitrogen functional groups attached to an aromatic ring is 1. The zero-order valence-corrected chi connectivity index (χ0v) is 18.6. The molecule has 1 amide bonds. The number of hydrogen-bond acceptors (Lipinski definition) is 3. The van der Waals surface area contributed by atoms with Crippen LogP contribution >= 0.6 is 24.8 Å². The number of nitrogens with two attached hydrogens (primary N) is 1. The van der Waals surface area contributed by atoms with Crippen LogP contribution in [0.2, 0.25) is 0 Å². The van der Waals surface area contributed by atoms with Crippen molar-refractivity contribution >= 4 is 47.2 Å². The molecule has 0 saturated carbocycles. The maximum atomic E-state index is 12.6. The van der Waals surface area contributed by atoms with Crippen molar-refractivity contribution in [2.45, 2.75) is 19.4 Å². The van der Waals surface area contributed by atoms with Crippen molar-refractivity contribution in [3.8, 4) is 0 Å². The van der Waals surface area contributed by atoms with Crippen molar-refractivity contribution < 1.29 is 4.79 Å². The number of piperazine rings is 1. The molecular weight excluding hydrogens is 417 g/mol. The molecule has 2 N–H and O–H groups in total. The van der Waals surface area contributed by atoms with Gasteiger partial charge in [-0.1, -0.05) is 60.7 Å². The Hall–Kier alpha value is -2.27. The van der Waals surface area contributed by atoms with Crippen LogP contribution in [-0.2, 0) is 17.8 Å².